The van der Waals surface area contributed by atoms with Crippen molar-refractivity contribution in [2.24, 2.45) is 0 Å². The van der Waals surface area contributed by atoms with Gasteiger partial charge in [-0.25, -0.2) is 14.5 Å². The summed E-state index contributed by atoms with van der Waals surface area (Å²) in [6.07, 6.45) is 5.79. The van der Waals surface area contributed by atoms with Crippen molar-refractivity contribution in [1.82, 2.24) is 25.3 Å². The number of anilines is 1. The van der Waals surface area contributed by atoms with Crippen LogP contribution in [0.2, 0.25) is 0 Å². The van der Waals surface area contributed by atoms with Crippen LogP contribution in [0.15, 0.2) is 17.8 Å². The van der Waals surface area contributed by atoms with E-state index < -0.39 is 0 Å². The van der Waals surface area contributed by atoms with Gasteiger partial charge < -0.3 is 10.1 Å². The van der Waals surface area contributed by atoms with E-state index in [9.17, 15) is 4.79 Å². The summed E-state index contributed by atoms with van der Waals surface area (Å²) < 4.78 is 7.16. The molecule has 8 nitrogen and oxygen atoms in total. The topological polar surface area (TPSA) is 94.0 Å². The largest absolute Gasteiger partial charge is 0.377 e. The van der Waals surface area contributed by atoms with Crippen molar-refractivity contribution in [3.63, 3.8) is 0 Å². The van der Waals surface area contributed by atoms with Crippen molar-refractivity contribution in [3.8, 4) is 0 Å². The third-order valence-electron chi connectivity index (χ3n) is 3.89. The molecule has 2 fully saturated rings. The maximum absolute atomic E-state index is 12.1. The second kappa shape index (κ2) is 5.65. The quantitative estimate of drug-likeness (QED) is 0.887. The van der Waals surface area contributed by atoms with Gasteiger partial charge in [0.2, 0.25) is 0 Å². The highest BCUT2D eigenvalue weighted by Gasteiger charge is 2.32. The molecule has 2 amide bonds. The summed E-state index contributed by atoms with van der Waals surface area (Å²) in [5.74, 6) is 0.592. The van der Waals surface area contributed by atoms with Gasteiger partial charge in [0.25, 0.3) is 0 Å². The molecule has 2 aliphatic rings. The van der Waals surface area contributed by atoms with Gasteiger partial charge in [-0.05, 0) is 12.8 Å². The van der Waals surface area contributed by atoms with Crippen LogP contribution in [0.1, 0.15) is 30.5 Å². The van der Waals surface area contributed by atoms with E-state index in [1.807, 2.05) is 5.38 Å². The van der Waals surface area contributed by atoms with E-state index >= 15 is 0 Å². The molecular weight excluding hydrogens is 304 g/mol. The minimum absolute atomic E-state index is 0.0356. The maximum atomic E-state index is 12.1. The van der Waals surface area contributed by atoms with E-state index in [1.165, 1.54) is 24.2 Å². The van der Waals surface area contributed by atoms with Gasteiger partial charge in [0.05, 0.1) is 37.2 Å². The molecule has 1 aliphatic carbocycles. The van der Waals surface area contributed by atoms with Crippen LogP contribution in [0.5, 0.6) is 0 Å². The molecule has 0 bridgehead atoms. The Morgan fingerprint density at radius 1 is 1.41 bits per heavy atom. The molecule has 1 saturated carbocycles. The lowest BCUT2D eigenvalue weighted by molar-refractivity contribution is 0.181. The fraction of sp³-hybridized carbons (Fsp3) is 0.538. The molecule has 4 rings (SSSR count). The van der Waals surface area contributed by atoms with Gasteiger partial charge in [-0.15, -0.1) is 16.4 Å². The van der Waals surface area contributed by atoms with Gasteiger partial charge in [0, 0.05) is 17.5 Å². The Kier molecular flexibility index (Phi) is 3.51. The Hall–Kier alpha value is -2.00. The molecule has 9 heteroatoms. The smallest absolute Gasteiger partial charge is 0.321 e. The predicted octanol–water partition coefficient (Wildman–Crippen LogP) is 1.37. The van der Waals surface area contributed by atoms with E-state index in [4.69, 9.17) is 4.74 Å². The highest BCUT2D eigenvalue weighted by atomic mass is 32.1. The molecule has 3 heterocycles. The minimum atomic E-state index is -0.266. The second-order valence-corrected chi connectivity index (χ2v) is 6.40. The molecule has 116 valence electrons. The first-order valence-electron chi connectivity index (χ1n) is 7.26. The van der Waals surface area contributed by atoms with Gasteiger partial charge in [0.15, 0.2) is 5.13 Å². The SMILES string of the molecule is O=C(Nc1nc(C2CC2)cs1)N[C@@H]1COC[C@@H]1n1ccnn1. The fourth-order valence-electron chi connectivity index (χ4n) is 2.55. The van der Waals surface area contributed by atoms with Crippen LogP contribution in [-0.4, -0.2) is 45.3 Å². The number of aromatic nitrogens is 4. The van der Waals surface area contributed by atoms with Crippen LogP contribution in [0.3, 0.4) is 0 Å². The summed E-state index contributed by atoms with van der Waals surface area (Å²) in [4.78, 5) is 16.6. The standard InChI is InChI=1S/C13H16N6O2S/c20-12(17-13-16-10(7-22-13)8-1-2-8)15-9-5-21-6-11(9)19-4-3-14-18-19/h3-4,7-9,11H,1-2,5-6H2,(H2,15,16,17,20)/t9-,11+/m1/s1. The molecule has 2 atom stereocenters. The number of carbonyl (C=O) groups is 1. The average Bonchev–Trinajstić information content (AvgIpc) is 2.95. The van der Waals surface area contributed by atoms with Gasteiger partial charge >= 0.3 is 6.03 Å². The molecule has 1 aliphatic heterocycles. The molecule has 0 unspecified atom stereocenters. The highest BCUT2D eigenvalue weighted by molar-refractivity contribution is 7.13. The zero-order valence-corrected chi connectivity index (χ0v) is 12.6. The van der Waals surface area contributed by atoms with Crippen LogP contribution < -0.4 is 10.6 Å². The Morgan fingerprint density at radius 3 is 3.09 bits per heavy atom. The van der Waals surface area contributed by atoms with Crippen molar-refractivity contribution in [1.29, 1.82) is 0 Å². The Labute approximate surface area is 130 Å². The molecule has 0 radical (unpaired) electrons. The average molecular weight is 320 g/mol. The summed E-state index contributed by atoms with van der Waals surface area (Å²) >= 11 is 1.46. The third-order valence-corrected chi connectivity index (χ3v) is 4.66. The number of carbonyl (C=O) groups excluding carboxylic acids is 1. The van der Waals surface area contributed by atoms with Crippen molar-refractivity contribution in [2.75, 3.05) is 18.5 Å². The fourth-order valence-corrected chi connectivity index (χ4v) is 3.33. The van der Waals surface area contributed by atoms with Crippen LogP contribution in [0.4, 0.5) is 9.93 Å². The number of nitrogens with zero attached hydrogens (tertiary/aromatic N) is 4. The number of amides is 2. The first-order valence-corrected chi connectivity index (χ1v) is 8.14. The maximum Gasteiger partial charge on any atom is 0.321 e. The Bertz CT molecular complexity index is 653. The number of thiazole rings is 1. The zero-order valence-electron chi connectivity index (χ0n) is 11.8. The van der Waals surface area contributed by atoms with Gasteiger partial charge in [0.1, 0.15) is 0 Å². The van der Waals surface area contributed by atoms with E-state index in [1.54, 1.807) is 17.1 Å². The van der Waals surface area contributed by atoms with E-state index in [0.717, 1.165) is 5.69 Å². The molecule has 22 heavy (non-hydrogen) atoms. The summed E-state index contributed by atoms with van der Waals surface area (Å²) in [5, 5.41) is 16.1. The monoisotopic (exact) mass is 320 g/mol. The normalized spacial score (nSPS) is 24.4. The van der Waals surface area contributed by atoms with E-state index in [-0.39, 0.29) is 18.1 Å². The first kappa shape index (κ1) is 13.6. The van der Waals surface area contributed by atoms with Crippen LogP contribution in [0, 0.1) is 0 Å². The van der Waals surface area contributed by atoms with Crippen LogP contribution >= 0.6 is 11.3 Å². The molecule has 0 spiro atoms. The summed E-state index contributed by atoms with van der Waals surface area (Å²) in [7, 11) is 0. The molecule has 2 aromatic heterocycles. The molecule has 0 aromatic carbocycles. The van der Waals surface area contributed by atoms with E-state index in [2.05, 4.69) is 25.9 Å². The molecule has 2 N–H and O–H groups in total. The third kappa shape index (κ3) is 2.81. The zero-order chi connectivity index (χ0) is 14.9. The molecule has 2 aromatic rings. The number of ether oxygens (including phenoxy) is 1. The molecule has 1 saturated heterocycles. The lowest BCUT2D eigenvalue weighted by Gasteiger charge is -2.18. The van der Waals surface area contributed by atoms with Crippen LogP contribution in [-0.2, 0) is 4.74 Å². The van der Waals surface area contributed by atoms with Gasteiger partial charge in [-0.2, -0.15) is 0 Å². The first-order chi connectivity index (χ1) is 10.8. The van der Waals surface area contributed by atoms with Gasteiger partial charge in [-0.1, -0.05) is 5.21 Å². The van der Waals surface area contributed by atoms with E-state index in [0.29, 0.717) is 24.3 Å². The lowest BCUT2D eigenvalue weighted by Crippen LogP contribution is -2.43. The number of hydrogen-bond donors (Lipinski definition) is 2. The minimum Gasteiger partial charge on any atom is -0.377 e. The predicted molar refractivity (Wildman–Crippen MR) is 79.9 cm³/mol. The van der Waals surface area contributed by atoms with Crippen molar-refractivity contribution >= 4 is 22.5 Å². The number of nitrogens with one attached hydrogen (secondary N) is 2. The van der Waals surface area contributed by atoms with Crippen LogP contribution in [0.25, 0.3) is 0 Å². The Morgan fingerprint density at radius 2 is 2.32 bits per heavy atom. The Balaban J connectivity index is 1.36. The van der Waals surface area contributed by atoms with Crippen molar-refractivity contribution in [2.45, 2.75) is 30.8 Å². The van der Waals surface area contributed by atoms with Crippen molar-refractivity contribution < 1.29 is 9.53 Å². The van der Waals surface area contributed by atoms with Crippen molar-refractivity contribution in [3.05, 3.63) is 23.5 Å². The lowest BCUT2D eigenvalue weighted by atomic mass is 10.2. The highest BCUT2D eigenvalue weighted by Crippen LogP contribution is 2.40. The number of rotatable bonds is 4. The number of hydrogen-bond acceptors (Lipinski definition) is 6. The summed E-state index contributed by atoms with van der Waals surface area (Å²) in [6, 6.07) is -0.437. The summed E-state index contributed by atoms with van der Waals surface area (Å²) in [5.41, 5.74) is 1.09. The second-order valence-electron chi connectivity index (χ2n) is 5.54. The number of urea groups is 1. The molecular formula is C13H16N6O2S. The summed E-state index contributed by atoms with van der Waals surface area (Å²) in [6.45, 7) is 0.973. The van der Waals surface area contributed by atoms with Gasteiger partial charge in [-0.3, -0.25) is 5.32 Å².